The van der Waals surface area contributed by atoms with Crippen LogP contribution in [0.5, 0.6) is 0 Å². The van der Waals surface area contributed by atoms with Crippen molar-refractivity contribution in [2.45, 2.75) is 25.9 Å². The Kier molecular flexibility index (Phi) is 2.15. The normalized spacial score (nSPS) is 28.5. The molecule has 2 rings (SSSR count). The lowest BCUT2D eigenvalue weighted by atomic mass is 10.2. The number of nitrogens with one attached hydrogen (secondary N) is 1. The summed E-state index contributed by atoms with van der Waals surface area (Å²) in [5.41, 5.74) is 0. The maximum Gasteiger partial charge on any atom is 0.320 e. The van der Waals surface area contributed by atoms with E-state index < -0.39 is 0 Å². The first kappa shape index (κ1) is 8.81. The summed E-state index contributed by atoms with van der Waals surface area (Å²) in [5.74, 6) is 0. The van der Waals surface area contributed by atoms with Crippen LogP contribution >= 0.6 is 0 Å². The molecule has 2 aliphatic heterocycles. The number of rotatable bonds is 1. The van der Waals surface area contributed by atoms with Gasteiger partial charge >= 0.3 is 6.03 Å². The van der Waals surface area contributed by atoms with E-state index in [1.807, 2.05) is 9.80 Å². The Hall–Kier alpha value is -0.770. The largest absolute Gasteiger partial charge is 0.320 e. The van der Waals surface area contributed by atoms with Crippen LogP contribution in [0.3, 0.4) is 0 Å². The highest BCUT2D eigenvalue weighted by atomic mass is 16.2. The lowest BCUT2D eigenvalue weighted by Crippen LogP contribution is -2.49. The number of carbonyl (C=O) groups is 1. The fraction of sp³-hybridized carbons (Fsp3) is 0.889. The molecule has 4 heteroatoms. The zero-order valence-electron chi connectivity index (χ0n) is 8.29. The van der Waals surface area contributed by atoms with Crippen molar-refractivity contribution in [3.63, 3.8) is 0 Å². The smallest absolute Gasteiger partial charge is 0.320 e. The van der Waals surface area contributed by atoms with Gasteiger partial charge in [-0.25, -0.2) is 4.79 Å². The standard InChI is InChI=1S/C9H17N3O/c1-7(2)12-6-8-5-10-3-4-11(8)9(12)13/h7-8,10H,3-6H2,1-2H3/t8-/m1/s1. The minimum absolute atomic E-state index is 0.224. The maximum absolute atomic E-state index is 11.8. The van der Waals surface area contributed by atoms with Gasteiger partial charge in [0.05, 0.1) is 6.04 Å². The number of hydrogen-bond acceptors (Lipinski definition) is 2. The molecule has 1 N–H and O–H groups in total. The van der Waals surface area contributed by atoms with Crippen molar-refractivity contribution in [3.05, 3.63) is 0 Å². The molecule has 0 radical (unpaired) electrons. The van der Waals surface area contributed by atoms with Crippen LogP contribution in [-0.4, -0.2) is 54.1 Å². The molecule has 13 heavy (non-hydrogen) atoms. The number of nitrogens with zero attached hydrogens (tertiary/aromatic N) is 2. The van der Waals surface area contributed by atoms with E-state index in [0.29, 0.717) is 12.1 Å². The zero-order valence-corrected chi connectivity index (χ0v) is 8.29. The van der Waals surface area contributed by atoms with Crippen LogP contribution in [0.4, 0.5) is 4.79 Å². The van der Waals surface area contributed by atoms with E-state index in [4.69, 9.17) is 0 Å². The first-order valence-corrected chi connectivity index (χ1v) is 4.98. The van der Waals surface area contributed by atoms with E-state index in [1.165, 1.54) is 0 Å². The van der Waals surface area contributed by atoms with Crippen molar-refractivity contribution in [1.29, 1.82) is 0 Å². The topological polar surface area (TPSA) is 35.6 Å². The summed E-state index contributed by atoms with van der Waals surface area (Å²) >= 11 is 0. The zero-order chi connectivity index (χ0) is 9.42. The highest BCUT2D eigenvalue weighted by molar-refractivity contribution is 5.77. The summed E-state index contributed by atoms with van der Waals surface area (Å²) in [5, 5.41) is 3.32. The molecule has 0 unspecified atom stereocenters. The Bertz CT molecular complexity index is 213. The average Bonchev–Trinajstić information content (AvgIpc) is 2.45. The van der Waals surface area contributed by atoms with Crippen LogP contribution in [0.25, 0.3) is 0 Å². The molecule has 4 nitrogen and oxygen atoms in total. The van der Waals surface area contributed by atoms with Crippen LogP contribution in [-0.2, 0) is 0 Å². The van der Waals surface area contributed by atoms with Gasteiger partial charge in [-0.3, -0.25) is 0 Å². The number of hydrogen-bond donors (Lipinski definition) is 1. The number of urea groups is 1. The molecule has 2 saturated heterocycles. The highest BCUT2D eigenvalue weighted by Crippen LogP contribution is 2.19. The van der Waals surface area contributed by atoms with E-state index in [1.54, 1.807) is 0 Å². The third kappa shape index (κ3) is 1.39. The summed E-state index contributed by atoms with van der Waals surface area (Å²) in [6.45, 7) is 7.80. The lowest BCUT2D eigenvalue weighted by molar-refractivity contribution is 0.174. The fourth-order valence-corrected chi connectivity index (χ4v) is 2.08. The predicted octanol–water partition coefficient (Wildman–Crippen LogP) is 0.104. The van der Waals surface area contributed by atoms with Crippen molar-refractivity contribution < 1.29 is 4.79 Å². The Morgan fingerprint density at radius 1 is 1.54 bits per heavy atom. The van der Waals surface area contributed by atoms with Crippen molar-refractivity contribution in [1.82, 2.24) is 15.1 Å². The second-order valence-electron chi connectivity index (χ2n) is 4.08. The second-order valence-corrected chi connectivity index (χ2v) is 4.08. The number of piperazine rings is 1. The number of fused-ring (bicyclic) bond motifs is 1. The molecule has 0 aromatic carbocycles. The van der Waals surface area contributed by atoms with Crippen LogP contribution in [0, 0.1) is 0 Å². The van der Waals surface area contributed by atoms with Crippen LogP contribution < -0.4 is 5.32 Å². The Morgan fingerprint density at radius 3 is 2.92 bits per heavy atom. The summed E-state index contributed by atoms with van der Waals surface area (Å²) in [6.07, 6.45) is 0. The van der Waals surface area contributed by atoms with Crippen LogP contribution in [0.15, 0.2) is 0 Å². The summed E-state index contributed by atoms with van der Waals surface area (Å²) < 4.78 is 0. The quantitative estimate of drug-likeness (QED) is 0.626. The Labute approximate surface area is 78.9 Å². The first-order valence-electron chi connectivity index (χ1n) is 4.98. The van der Waals surface area contributed by atoms with Gasteiger partial charge in [0.25, 0.3) is 0 Å². The SMILES string of the molecule is CC(C)N1C[C@H]2CNCCN2C1=O. The summed E-state index contributed by atoms with van der Waals surface area (Å²) in [6, 6.07) is 0.961. The Balaban J connectivity index is 2.09. The molecule has 2 heterocycles. The third-order valence-electron chi connectivity index (χ3n) is 2.87. The van der Waals surface area contributed by atoms with Gasteiger partial charge in [-0.05, 0) is 13.8 Å². The molecule has 0 saturated carbocycles. The van der Waals surface area contributed by atoms with E-state index in [9.17, 15) is 4.79 Å². The molecular formula is C9H17N3O. The van der Waals surface area contributed by atoms with Crippen molar-refractivity contribution >= 4 is 6.03 Å². The molecule has 0 bridgehead atoms. The van der Waals surface area contributed by atoms with Crippen molar-refractivity contribution in [2.75, 3.05) is 26.2 Å². The fourth-order valence-electron chi connectivity index (χ4n) is 2.08. The highest BCUT2D eigenvalue weighted by Gasteiger charge is 2.39. The average molecular weight is 183 g/mol. The molecule has 0 aromatic rings. The van der Waals surface area contributed by atoms with Gasteiger partial charge in [0.2, 0.25) is 0 Å². The number of carbonyl (C=O) groups excluding carboxylic acids is 1. The number of amides is 2. The van der Waals surface area contributed by atoms with Crippen molar-refractivity contribution in [2.24, 2.45) is 0 Å². The van der Waals surface area contributed by atoms with Gasteiger partial charge in [-0.1, -0.05) is 0 Å². The van der Waals surface area contributed by atoms with Crippen LogP contribution in [0.1, 0.15) is 13.8 Å². The van der Waals surface area contributed by atoms with E-state index >= 15 is 0 Å². The van der Waals surface area contributed by atoms with Gasteiger partial charge in [-0.2, -0.15) is 0 Å². The second kappa shape index (κ2) is 3.18. The monoisotopic (exact) mass is 183 g/mol. The molecule has 2 amide bonds. The first-order chi connectivity index (χ1) is 6.20. The van der Waals surface area contributed by atoms with Gasteiger partial charge in [0.15, 0.2) is 0 Å². The molecule has 2 aliphatic rings. The molecular weight excluding hydrogens is 166 g/mol. The molecule has 0 aromatic heterocycles. The minimum Gasteiger partial charge on any atom is -0.320 e. The van der Waals surface area contributed by atoms with Gasteiger partial charge in [-0.15, -0.1) is 0 Å². The summed E-state index contributed by atoms with van der Waals surface area (Å²) in [4.78, 5) is 15.8. The van der Waals surface area contributed by atoms with Crippen LogP contribution in [0.2, 0.25) is 0 Å². The van der Waals surface area contributed by atoms with E-state index in [-0.39, 0.29) is 6.03 Å². The van der Waals surface area contributed by atoms with E-state index in [0.717, 1.165) is 26.2 Å². The molecule has 74 valence electrons. The molecule has 0 aliphatic carbocycles. The predicted molar refractivity (Wildman–Crippen MR) is 50.6 cm³/mol. The van der Waals surface area contributed by atoms with Gasteiger partial charge in [0.1, 0.15) is 0 Å². The minimum atomic E-state index is 0.224. The lowest BCUT2D eigenvalue weighted by Gasteiger charge is -2.28. The molecule has 0 spiro atoms. The maximum atomic E-state index is 11.8. The molecule has 2 fully saturated rings. The third-order valence-corrected chi connectivity index (χ3v) is 2.87. The van der Waals surface area contributed by atoms with E-state index in [2.05, 4.69) is 19.2 Å². The van der Waals surface area contributed by atoms with Gasteiger partial charge in [0, 0.05) is 32.2 Å². The van der Waals surface area contributed by atoms with Gasteiger partial charge < -0.3 is 15.1 Å². The summed E-state index contributed by atoms with van der Waals surface area (Å²) in [7, 11) is 0. The molecule has 1 atom stereocenters. The Morgan fingerprint density at radius 2 is 2.31 bits per heavy atom. The van der Waals surface area contributed by atoms with Crippen molar-refractivity contribution in [3.8, 4) is 0 Å².